The zero-order valence-corrected chi connectivity index (χ0v) is 11.4. The summed E-state index contributed by atoms with van der Waals surface area (Å²) in [6.45, 7) is 9.12. The van der Waals surface area contributed by atoms with Gasteiger partial charge in [-0.2, -0.15) is 0 Å². The number of para-hydroxylation sites is 1. The van der Waals surface area contributed by atoms with Gasteiger partial charge in [0.15, 0.2) is 0 Å². The topological polar surface area (TPSA) is 12.0 Å². The largest absolute Gasteiger partial charge is 0.375 e. The summed E-state index contributed by atoms with van der Waals surface area (Å²) >= 11 is 0. The van der Waals surface area contributed by atoms with Crippen molar-refractivity contribution in [1.29, 1.82) is 0 Å². The van der Waals surface area contributed by atoms with E-state index >= 15 is 0 Å². The highest BCUT2D eigenvalue weighted by Crippen LogP contribution is 2.43. The highest BCUT2D eigenvalue weighted by Gasteiger charge is 2.34. The molecule has 1 heterocycles. The number of anilines is 1. The Kier molecular flexibility index (Phi) is 3.28. The van der Waals surface area contributed by atoms with Gasteiger partial charge < -0.3 is 5.32 Å². The quantitative estimate of drug-likeness (QED) is 0.781. The first-order chi connectivity index (χ1) is 8.18. The molecule has 1 N–H and O–H groups in total. The lowest BCUT2D eigenvalue weighted by molar-refractivity contribution is 0.502. The molecule has 1 heteroatoms. The summed E-state index contributed by atoms with van der Waals surface area (Å²) in [5.41, 5.74) is 5.93. The molecule has 0 saturated carbocycles. The summed E-state index contributed by atoms with van der Waals surface area (Å²) in [4.78, 5) is 0. The van der Waals surface area contributed by atoms with Crippen LogP contribution in [-0.4, -0.2) is 5.54 Å². The van der Waals surface area contributed by atoms with Crippen molar-refractivity contribution in [3.63, 3.8) is 0 Å². The maximum Gasteiger partial charge on any atom is 0.0583 e. The fourth-order valence-corrected chi connectivity index (χ4v) is 3.11. The highest BCUT2D eigenvalue weighted by atomic mass is 15.0. The molecule has 0 unspecified atom stereocenters. The summed E-state index contributed by atoms with van der Waals surface area (Å²) in [7, 11) is 0. The number of allylic oxidation sites excluding steroid dienone is 1. The molecule has 0 aromatic heterocycles. The van der Waals surface area contributed by atoms with Crippen molar-refractivity contribution in [3.8, 4) is 0 Å². The van der Waals surface area contributed by atoms with Crippen LogP contribution in [0.15, 0.2) is 29.8 Å². The number of benzene rings is 1. The molecular weight excluding hydrogens is 206 g/mol. The van der Waals surface area contributed by atoms with Crippen LogP contribution in [0, 0.1) is 0 Å². The van der Waals surface area contributed by atoms with E-state index in [1.54, 1.807) is 0 Å². The first-order valence-corrected chi connectivity index (χ1v) is 6.76. The molecule has 0 aliphatic carbocycles. The van der Waals surface area contributed by atoms with E-state index in [-0.39, 0.29) is 5.54 Å². The Morgan fingerprint density at radius 1 is 1.06 bits per heavy atom. The minimum absolute atomic E-state index is 0.166. The molecular formula is C16H23N. The predicted molar refractivity (Wildman–Crippen MR) is 76.3 cm³/mol. The first kappa shape index (κ1) is 12.2. The normalized spacial score (nSPS) is 17.6. The molecule has 1 aliphatic heterocycles. The number of hydrogen-bond acceptors (Lipinski definition) is 1. The Morgan fingerprint density at radius 2 is 1.71 bits per heavy atom. The molecule has 17 heavy (non-hydrogen) atoms. The van der Waals surface area contributed by atoms with Crippen molar-refractivity contribution in [1.82, 2.24) is 0 Å². The zero-order chi connectivity index (χ0) is 12.5. The van der Waals surface area contributed by atoms with Crippen molar-refractivity contribution in [2.24, 2.45) is 0 Å². The molecule has 0 radical (unpaired) electrons. The van der Waals surface area contributed by atoms with E-state index < -0.39 is 0 Å². The molecule has 0 amide bonds. The van der Waals surface area contributed by atoms with Gasteiger partial charge in [0.25, 0.3) is 0 Å². The van der Waals surface area contributed by atoms with Crippen LogP contribution >= 0.6 is 0 Å². The Hall–Kier alpha value is -1.24. The van der Waals surface area contributed by atoms with Crippen LogP contribution in [0.5, 0.6) is 0 Å². The minimum Gasteiger partial charge on any atom is -0.375 e. The van der Waals surface area contributed by atoms with Crippen molar-refractivity contribution in [3.05, 3.63) is 35.4 Å². The van der Waals surface area contributed by atoms with Crippen LogP contribution < -0.4 is 5.32 Å². The van der Waals surface area contributed by atoms with Crippen molar-refractivity contribution < 1.29 is 0 Å². The van der Waals surface area contributed by atoms with Gasteiger partial charge in [-0.1, -0.05) is 39.0 Å². The van der Waals surface area contributed by atoms with Gasteiger partial charge in [-0.25, -0.2) is 0 Å². The van der Waals surface area contributed by atoms with E-state index in [4.69, 9.17) is 0 Å². The van der Waals surface area contributed by atoms with Crippen LogP contribution in [-0.2, 0) is 0 Å². The molecule has 0 fully saturated rings. The van der Waals surface area contributed by atoms with Crippen molar-refractivity contribution >= 4 is 11.3 Å². The standard InChI is InChI=1S/C16H23N/c1-5-13-12(4)16(6-2,7-3)17-15-11-9-8-10-14(13)15/h8-11,17H,5-7H2,1-4H3. The Balaban J connectivity index is 2.62. The molecule has 0 saturated heterocycles. The van der Waals surface area contributed by atoms with Gasteiger partial charge in [0, 0.05) is 11.3 Å². The first-order valence-electron chi connectivity index (χ1n) is 6.76. The third-order valence-corrected chi connectivity index (χ3v) is 4.36. The lowest BCUT2D eigenvalue weighted by Gasteiger charge is -2.41. The van der Waals surface area contributed by atoms with Gasteiger partial charge in [-0.05, 0) is 43.4 Å². The Bertz CT molecular complexity index is 439. The van der Waals surface area contributed by atoms with E-state index in [2.05, 4.69) is 57.3 Å². The lowest BCUT2D eigenvalue weighted by Crippen LogP contribution is -2.41. The second-order valence-electron chi connectivity index (χ2n) is 4.92. The molecule has 1 aromatic carbocycles. The van der Waals surface area contributed by atoms with Crippen LogP contribution in [0.2, 0.25) is 0 Å². The average molecular weight is 229 g/mol. The Morgan fingerprint density at radius 3 is 2.29 bits per heavy atom. The average Bonchev–Trinajstić information content (AvgIpc) is 2.38. The van der Waals surface area contributed by atoms with Gasteiger partial charge in [0.1, 0.15) is 0 Å². The molecule has 1 aromatic rings. The van der Waals surface area contributed by atoms with Crippen molar-refractivity contribution in [2.45, 2.75) is 52.5 Å². The van der Waals surface area contributed by atoms with Crippen LogP contribution in [0.4, 0.5) is 5.69 Å². The molecule has 0 bridgehead atoms. The highest BCUT2D eigenvalue weighted by molar-refractivity contribution is 5.83. The minimum atomic E-state index is 0.166. The fraction of sp³-hybridized carbons (Fsp3) is 0.500. The van der Waals surface area contributed by atoms with E-state index in [0.717, 1.165) is 19.3 Å². The summed E-state index contributed by atoms with van der Waals surface area (Å²) in [6.07, 6.45) is 3.41. The van der Waals surface area contributed by atoms with Gasteiger partial charge in [-0.15, -0.1) is 0 Å². The Labute approximate surface area is 105 Å². The summed E-state index contributed by atoms with van der Waals surface area (Å²) < 4.78 is 0. The van der Waals surface area contributed by atoms with E-state index in [9.17, 15) is 0 Å². The number of rotatable bonds is 3. The van der Waals surface area contributed by atoms with E-state index in [1.807, 2.05) is 0 Å². The fourth-order valence-electron chi connectivity index (χ4n) is 3.11. The maximum atomic E-state index is 3.77. The third-order valence-electron chi connectivity index (χ3n) is 4.36. The molecule has 2 rings (SSSR count). The van der Waals surface area contributed by atoms with Gasteiger partial charge in [0.05, 0.1) is 5.54 Å². The molecule has 92 valence electrons. The van der Waals surface area contributed by atoms with E-state index in [1.165, 1.54) is 22.4 Å². The molecule has 0 spiro atoms. The molecule has 1 aliphatic rings. The van der Waals surface area contributed by atoms with Crippen LogP contribution in [0.25, 0.3) is 5.57 Å². The third kappa shape index (κ3) is 1.78. The van der Waals surface area contributed by atoms with Gasteiger partial charge in [-0.3, -0.25) is 0 Å². The summed E-state index contributed by atoms with van der Waals surface area (Å²) in [5.74, 6) is 0. The van der Waals surface area contributed by atoms with Crippen molar-refractivity contribution in [2.75, 3.05) is 5.32 Å². The summed E-state index contributed by atoms with van der Waals surface area (Å²) in [5, 5.41) is 3.77. The molecule has 1 nitrogen and oxygen atoms in total. The predicted octanol–water partition coefficient (Wildman–Crippen LogP) is 4.85. The number of nitrogens with one attached hydrogen (secondary N) is 1. The van der Waals surface area contributed by atoms with Gasteiger partial charge in [0.2, 0.25) is 0 Å². The molecule has 0 atom stereocenters. The number of hydrogen-bond donors (Lipinski definition) is 1. The van der Waals surface area contributed by atoms with Crippen LogP contribution in [0.1, 0.15) is 52.5 Å². The lowest BCUT2D eigenvalue weighted by atomic mass is 9.76. The van der Waals surface area contributed by atoms with E-state index in [0.29, 0.717) is 0 Å². The maximum absolute atomic E-state index is 3.77. The van der Waals surface area contributed by atoms with Crippen LogP contribution in [0.3, 0.4) is 0 Å². The number of fused-ring (bicyclic) bond motifs is 1. The van der Waals surface area contributed by atoms with Gasteiger partial charge >= 0.3 is 0 Å². The second kappa shape index (κ2) is 4.56. The smallest absolute Gasteiger partial charge is 0.0583 e. The SMILES string of the molecule is CCC1=C(C)C(CC)(CC)Nc2ccccc21. The second-order valence-corrected chi connectivity index (χ2v) is 4.92. The zero-order valence-electron chi connectivity index (χ0n) is 11.4. The summed E-state index contributed by atoms with van der Waals surface area (Å²) in [6, 6.07) is 8.70. The monoisotopic (exact) mass is 229 g/mol.